The third-order valence-corrected chi connectivity index (χ3v) is 4.30. The van der Waals surface area contributed by atoms with Crippen LogP contribution in [0.25, 0.3) is 0 Å². The molecule has 1 heterocycles. The molecule has 1 aliphatic heterocycles. The van der Waals surface area contributed by atoms with Crippen LogP contribution >= 0.6 is 11.8 Å². The van der Waals surface area contributed by atoms with E-state index in [2.05, 4.69) is 49.5 Å². The summed E-state index contributed by atoms with van der Waals surface area (Å²) in [4.78, 5) is 1.32. The van der Waals surface area contributed by atoms with Gasteiger partial charge in [0.2, 0.25) is 0 Å². The predicted molar refractivity (Wildman–Crippen MR) is 82.6 cm³/mol. The Labute approximate surface area is 120 Å². The number of likely N-dealkylation sites (N-methyl/N-ethyl adjacent to an activating group) is 1. The molecule has 104 valence electrons. The number of benzene rings is 1. The summed E-state index contributed by atoms with van der Waals surface area (Å²) in [5.74, 6) is 2.15. The molecule has 1 N–H and O–H groups in total. The first kappa shape index (κ1) is 14.5. The second kappa shape index (κ2) is 7.61. The van der Waals surface area contributed by atoms with Crippen LogP contribution < -0.4 is 5.32 Å². The first-order valence-corrected chi connectivity index (χ1v) is 8.04. The van der Waals surface area contributed by atoms with Crippen LogP contribution in [-0.4, -0.2) is 24.9 Å². The summed E-state index contributed by atoms with van der Waals surface area (Å²) in [5.41, 5.74) is 1.31. The molecule has 0 bridgehead atoms. The van der Waals surface area contributed by atoms with Gasteiger partial charge in [-0.2, -0.15) is 0 Å². The Morgan fingerprint density at radius 2 is 2.11 bits per heavy atom. The number of aryl methyl sites for hydroxylation is 1. The van der Waals surface area contributed by atoms with Crippen LogP contribution in [0.15, 0.2) is 41.0 Å². The summed E-state index contributed by atoms with van der Waals surface area (Å²) in [6.45, 7) is 6.10. The second-order valence-corrected chi connectivity index (χ2v) is 5.92. The van der Waals surface area contributed by atoms with Crippen molar-refractivity contribution in [1.82, 2.24) is 5.32 Å². The topological polar surface area (TPSA) is 21.3 Å². The molecule has 0 aliphatic carbocycles. The first-order chi connectivity index (χ1) is 9.29. The average molecular weight is 277 g/mol. The summed E-state index contributed by atoms with van der Waals surface area (Å²) in [6.07, 6.45) is 4.53. The lowest BCUT2D eigenvalue weighted by atomic mass is 10.1. The summed E-state index contributed by atoms with van der Waals surface area (Å²) < 4.78 is 5.79. The zero-order valence-electron chi connectivity index (χ0n) is 11.8. The van der Waals surface area contributed by atoms with Gasteiger partial charge in [-0.1, -0.05) is 24.6 Å². The van der Waals surface area contributed by atoms with Gasteiger partial charge >= 0.3 is 0 Å². The molecular weight excluding hydrogens is 254 g/mol. The monoisotopic (exact) mass is 277 g/mol. The lowest BCUT2D eigenvalue weighted by Gasteiger charge is -2.24. The molecule has 1 unspecified atom stereocenters. The van der Waals surface area contributed by atoms with Gasteiger partial charge in [0.05, 0.1) is 12.6 Å². The Hall–Kier alpha value is -0.930. The van der Waals surface area contributed by atoms with Gasteiger partial charge < -0.3 is 10.1 Å². The Bertz CT molecular complexity index is 413. The van der Waals surface area contributed by atoms with E-state index in [0.29, 0.717) is 6.04 Å². The molecule has 1 aromatic carbocycles. The maximum atomic E-state index is 5.79. The molecule has 0 spiro atoms. The van der Waals surface area contributed by atoms with Crippen LogP contribution in [0.2, 0.25) is 0 Å². The summed E-state index contributed by atoms with van der Waals surface area (Å²) in [7, 11) is 0. The molecular formula is C16H23NOS. The highest BCUT2D eigenvalue weighted by molar-refractivity contribution is 7.99. The molecule has 0 radical (unpaired) electrons. The van der Waals surface area contributed by atoms with E-state index in [1.807, 2.05) is 11.8 Å². The normalized spacial score (nSPS) is 16.6. The van der Waals surface area contributed by atoms with E-state index in [-0.39, 0.29) is 0 Å². The number of thioether (sulfide) groups is 1. The summed E-state index contributed by atoms with van der Waals surface area (Å²) in [5, 5.41) is 3.52. The van der Waals surface area contributed by atoms with E-state index in [0.717, 1.165) is 37.5 Å². The van der Waals surface area contributed by atoms with Crippen molar-refractivity contribution < 1.29 is 4.74 Å². The highest BCUT2D eigenvalue weighted by atomic mass is 32.2. The lowest BCUT2D eigenvalue weighted by Crippen LogP contribution is -2.34. The minimum Gasteiger partial charge on any atom is -0.497 e. The van der Waals surface area contributed by atoms with Crippen LogP contribution in [0, 0.1) is 6.92 Å². The molecule has 3 heteroatoms. The van der Waals surface area contributed by atoms with Crippen molar-refractivity contribution in [3.63, 3.8) is 0 Å². The predicted octanol–water partition coefficient (Wildman–Crippen LogP) is 3.76. The van der Waals surface area contributed by atoms with E-state index in [9.17, 15) is 0 Å². The van der Waals surface area contributed by atoms with Crippen molar-refractivity contribution in [3.8, 4) is 0 Å². The molecule has 1 aliphatic rings. The molecule has 1 aromatic rings. The number of ether oxygens (including phenoxy) is 1. The molecule has 2 rings (SSSR count). The maximum absolute atomic E-state index is 5.79. The van der Waals surface area contributed by atoms with Gasteiger partial charge in [-0.25, -0.2) is 0 Å². The SMILES string of the molecule is CCNC(CSc1ccc(C)cc1)C1=CCCCO1. The van der Waals surface area contributed by atoms with E-state index < -0.39 is 0 Å². The van der Waals surface area contributed by atoms with Gasteiger partial charge in [-0.15, -0.1) is 11.8 Å². The third kappa shape index (κ3) is 4.59. The smallest absolute Gasteiger partial charge is 0.110 e. The Morgan fingerprint density at radius 1 is 1.32 bits per heavy atom. The Kier molecular flexibility index (Phi) is 5.80. The lowest BCUT2D eigenvalue weighted by molar-refractivity contribution is 0.172. The molecule has 2 nitrogen and oxygen atoms in total. The highest BCUT2D eigenvalue weighted by Crippen LogP contribution is 2.23. The quantitative estimate of drug-likeness (QED) is 0.800. The highest BCUT2D eigenvalue weighted by Gasteiger charge is 2.17. The third-order valence-electron chi connectivity index (χ3n) is 3.19. The van der Waals surface area contributed by atoms with Crippen molar-refractivity contribution in [2.24, 2.45) is 0 Å². The fourth-order valence-electron chi connectivity index (χ4n) is 2.12. The second-order valence-electron chi connectivity index (χ2n) is 4.83. The van der Waals surface area contributed by atoms with Crippen LogP contribution in [0.5, 0.6) is 0 Å². The first-order valence-electron chi connectivity index (χ1n) is 7.05. The standard InChI is InChI=1S/C16H23NOS/c1-3-17-15(16-6-4-5-11-18-16)12-19-14-9-7-13(2)8-10-14/h6-10,15,17H,3-5,11-12H2,1-2H3. The minimum atomic E-state index is 0.330. The van der Waals surface area contributed by atoms with Crippen molar-refractivity contribution in [2.75, 3.05) is 18.9 Å². The summed E-state index contributed by atoms with van der Waals surface area (Å²) >= 11 is 1.89. The number of hydrogen-bond acceptors (Lipinski definition) is 3. The van der Waals surface area contributed by atoms with Crippen molar-refractivity contribution in [1.29, 1.82) is 0 Å². The molecule has 19 heavy (non-hydrogen) atoms. The minimum absolute atomic E-state index is 0.330. The molecule has 0 aromatic heterocycles. The maximum Gasteiger partial charge on any atom is 0.110 e. The summed E-state index contributed by atoms with van der Waals surface area (Å²) in [6, 6.07) is 9.05. The van der Waals surface area contributed by atoms with Gasteiger partial charge in [-0.05, 0) is 44.5 Å². The molecule has 0 amide bonds. The molecule has 0 saturated heterocycles. The van der Waals surface area contributed by atoms with Crippen LogP contribution in [0.3, 0.4) is 0 Å². The van der Waals surface area contributed by atoms with Crippen LogP contribution in [0.1, 0.15) is 25.3 Å². The van der Waals surface area contributed by atoms with Crippen molar-refractivity contribution >= 4 is 11.8 Å². The molecule has 1 atom stereocenters. The van der Waals surface area contributed by atoms with E-state index >= 15 is 0 Å². The Balaban J connectivity index is 1.92. The molecule has 0 fully saturated rings. The fraction of sp³-hybridized carbons (Fsp3) is 0.500. The van der Waals surface area contributed by atoms with Gasteiger partial charge in [-0.3, -0.25) is 0 Å². The van der Waals surface area contributed by atoms with Crippen molar-refractivity contribution in [2.45, 2.75) is 37.6 Å². The average Bonchev–Trinajstić information content (AvgIpc) is 2.46. The Morgan fingerprint density at radius 3 is 2.74 bits per heavy atom. The molecule has 0 saturated carbocycles. The zero-order chi connectivity index (χ0) is 13.5. The van der Waals surface area contributed by atoms with Crippen LogP contribution in [-0.2, 0) is 4.74 Å². The van der Waals surface area contributed by atoms with Gasteiger partial charge in [0.25, 0.3) is 0 Å². The van der Waals surface area contributed by atoms with Crippen molar-refractivity contribution in [3.05, 3.63) is 41.7 Å². The zero-order valence-corrected chi connectivity index (χ0v) is 12.6. The van der Waals surface area contributed by atoms with E-state index in [4.69, 9.17) is 4.74 Å². The van der Waals surface area contributed by atoms with E-state index in [1.165, 1.54) is 10.5 Å². The van der Waals surface area contributed by atoms with Gasteiger partial charge in [0.15, 0.2) is 0 Å². The largest absolute Gasteiger partial charge is 0.497 e. The number of hydrogen-bond donors (Lipinski definition) is 1. The number of rotatable bonds is 6. The number of nitrogens with one attached hydrogen (secondary N) is 1. The van der Waals surface area contributed by atoms with Gasteiger partial charge in [0.1, 0.15) is 5.76 Å². The van der Waals surface area contributed by atoms with E-state index in [1.54, 1.807) is 0 Å². The van der Waals surface area contributed by atoms with Crippen LogP contribution in [0.4, 0.5) is 0 Å². The van der Waals surface area contributed by atoms with Gasteiger partial charge in [0, 0.05) is 10.6 Å². The number of allylic oxidation sites excluding steroid dienone is 1. The fourth-order valence-corrected chi connectivity index (χ4v) is 3.09.